The second kappa shape index (κ2) is 3.79. The maximum Gasteiger partial charge on any atom is 0.148 e. The minimum absolute atomic E-state index is 0.564. The topological polar surface area (TPSA) is 55.0 Å². The Morgan fingerprint density at radius 3 is 2.67 bits per heavy atom. The minimum atomic E-state index is 0.564. The highest BCUT2D eigenvalue weighted by Crippen LogP contribution is 2.38. The van der Waals surface area contributed by atoms with Crippen molar-refractivity contribution >= 4 is 33.7 Å². The summed E-state index contributed by atoms with van der Waals surface area (Å²) in [6.45, 7) is 1.99. The van der Waals surface area contributed by atoms with E-state index >= 15 is 0 Å². The Kier molecular flexibility index (Phi) is 2.62. The highest BCUT2D eigenvalue weighted by molar-refractivity contribution is 7.11. The molecule has 2 heterocycles. The molecule has 0 fully saturated rings. The number of nitrogens with zero attached hydrogens (tertiary/aromatic N) is 3. The van der Waals surface area contributed by atoms with Crippen molar-refractivity contribution in [3.8, 4) is 11.3 Å². The molecule has 4 nitrogen and oxygen atoms in total. The van der Waals surface area contributed by atoms with Gasteiger partial charge in [-0.05, 0) is 18.5 Å². The normalized spacial score (nSPS) is 10.6. The number of rotatable bonds is 2. The molecular formula is C9H12N4S2. The van der Waals surface area contributed by atoms with Crippen LogP contribution in [0.2, 0.25) is 0 Å². The third-order valence-electron chi connectivity index (χ3n) is 1.98. The van der Waals surface area contributed by atoms with E-state index in [9.17, 15) is 0 Å². The van der Waals surface area contributed by atoms with Crippen LogP contribution >= 0.6 is 22.9 Å². The van der Waals surface area contributed by atoms with Crippen molar-refractivity contribution < 1.29 is 0 Å². The van der Waals surface area contributed by atoms with Crippen LogP contribution in [0.4, 0.5) is 10.8 Å². The Labute approximate surface area is 96.5 Å². The average molecular weight is 240 g/mol. The molecule has 6 heteroatoms. The summed E-state index contributed by atoms with van der Waals surface area (Å²) in [7, 11) is 3.96. The molecule has 2 aromatic rings. The number of nitrogen functional groups attached to an aromatic ring is 1. The van der Waals surface area contributed by atoms with Crippen LogP contribution in [0.3, 0.4) is 0 Å². The third-order valence-corrected chi connectivity index (χ3v) is 3.79. The molecular weight excluding hydrogens is 228 g/mol. The smallest absolute Gasteiger partial charge is 0.148 e. The summed E-state index contributed by atoms with van der Waals surface area (Å²) < 4.78 is 4.17. The summed E-state index contributed by atoms with van der Waals surface area (Å²) in [5.74, 6) is 0.564. The van der Waals surface area contributed by atoms with E-state index in [0.717, 1.165) is 21.3 Å². The molecule has 0 amide bonds. The number of hydrogen-bond donors (Lipinski definition) is 1. The number of aryl methyl sites for hydroxylation is 1. The molecule has 0 atom stereocenters. The van der Waals surface area contributed by atoms with Gasteiger partial charge in [-0.15, -0.1) is 11.3 Å². The first kappa shape index (κ1) is 10.4. The maximum atomic E-state index is 5.86. The van der Waals surface area contributed by atoms with Crippen molar-refractivity contribution in [1.29, 1.82) is 0 Å². The fourth-order valence-electron chi connectivity index (χ4n) is 1.32. The first-order chi connectivity index (χ1) is 7.09. The van der Waals surface area contributed by atoms with E-state index in [1.54, 1.807) is 11.3 Å². The van der Waals surface area contributed by atoms with Crippen LogP contribution in [-0.2, 0) is 0 Å². The summed E-state index contributed by atoms with van der Waals surface area (Å²) in [4.78, 5) is 6.45. The van der Waals surface area contributed by atoms with Crippen LogP contribution < -0.4 is 10.6 Å². The van der Waals surface area contributed by atoms with Gasteiger partial charge in [0.2, 0.25) is 0 Å². The number of anilines is 2. The second-order valence-corrected chi connectivity index (χ2v) is 5.21. The molecule has 0 aliphatic carbocycles. The van der Waals surface area contributed by atoms with Crippen molar-refractivity contribution in [3.05, 3.63) is 10.4 Å². The summed E-state index contributed by atoms with van der Waals surface area (Å²) in [6.07, 6.45) is 0. The summed E-state index contributed by atoms with van der Waals surface area (Å²) in [5, 5.41) is 4.11. The van der Waals surface area contributed by atoms with Crippen LogP contribution in [0.5, 0.6) is 0 Å². The third kappa shape index (κ3) is 1.82. The summed E-state index contributed by atoms with van der Waals surface area (Å²) >= 11 is 3.03. The molecule has 0 radical (unpaired) electrons. The van der Waals surface area contributed by atoms with Crippen LogP contribution in [0, 0.1) is 6.92 Å². The Balaban J connectivity index is 2.55. The standard InChI is InChI=1S/C9H12N4S2/c1-5-11-6(4-14-5)7-8(10)12-15-9(7)13(2)3/h4H,1-3H3,(H2,10,12). The Bertz CT molecular complexity index is 472. The van der Waals surface area contributed by atoms with Crippen molar-refractivity contribution in [2.75, 3.05) is 24.7 Å². The fourth-order valence-corrected chi connectivity index (χ4v) is 2.66. The average Bonchev–Trinajstić information content (AvgIpc) is 2.71. The first-order valence-electron chi connectivity index (χ1n) is 4.44. The van der Waals surface area contributed by atoms with Crippen LogP contribution in [-0.4, -0.2) is 23.5 Å². The lowest BCUT2D eigenvalue weighted by atomic mass is 10.2. The molecule has 0 aliphatic heterocycles. The van der Waals surface area contributed by atoms with Crippen molar-refractivity contribution in [3.63, 3.8) is 0 Å². The van der Waals surface area contributed by atoms with Gasteiger partial charge in [0.1, 0.15) is 10.8 Å². The lowest BCUT2D eigenvalue weighted by molar-refractivity contribution is 1.15. The Morgan fingerprint density at radius 1 is 1.40 bits per heavy atom. The summed E-state index contributed by atoms with van der Waals surface area (Å²) in [5.41, 5.74) is 7.73. The van der Waals surface area contributed by atoms with Crippen molar-refractivity contribution in [2.24, 2.45) is 0 Å². The van der Waals surface area contributed by atoms with Gasteiger partial charge in [-0.3, -0.25) is 0 Å². The van der Waals surface area contributed by atoms with Gasteiger partial charge >= 0.3 is 0 Å². The SMILES string of the molecule is Cc1nc(-c2c(N)nsc2N(C)C)cs1. The van der Waals surface area contributed by atoms with E-state index in [4.69, 9.17) is 5.73 Å². The number of nitrogens with two attached hydrogens (primary N) is 1. The van der Waals surface area contributed by atoms with E-state index in [-0.39, 0.29) is 0 Å². The largest absolute Gasteiger partial charge is 0.382 e. The van der Waals surface area contributed by atoms with Gasteiger partial charge in [-0.25, -0.2) is 4.98 Å². The van der Waals surface area contributed by atoms with Gasteiger partial charge in [-0.1, -0.05) is 0 Å². The number of aromatic nitrogens is 2. The fraction of sp³-hybridized carbons (Fsp3) is 0.333. The van der Waals surface area contributed by atoms with E-state index in [1.807, 2.05) is 31.3 Å². The van der Waals surface area contributed by atoms with Crippen LogP contribution in [0.25, 0.3) is 11.3 Å². The number of thiazole rings is 1. The highest BCUT2D eigenvalue weighted by Gasteiger charge is 2.17. The van der Waals surface area contributed by atoms with Gasteiger partial charge in [0.05, 0.1) is 16.3 Å². The van der Waals surface area contributed by atoms with E-state index in [0.29, 0.717) is 5.82 Å². The Morgan fingerprint density at radius 2 is 2.13 bits per heavy atom. The molecule has 2 rings (SSSR count). The van der Waals surface area contributed by atoms with Crippen LogP contribution in [0.15, 0.2) is 5.38 Å². The molecule has 0 bridgehead atoms. The Hall–Kier alpha value is -1.14. The zero-order valence-electron chi connectivity index (χ0n) is 8.81. The van der Waals surface area contributed by atoms with Gasteiger partial charge in [0, 0.05) is 19.5 Å². The molecule has 2 aromatic heterocycles. The second-order valence-electron chi connectivity index (χ2n) is 3.39. The number of hydrogen-bond acceptors (Lipinski definition) is 6. The minimum Gasteiger partial charge on any atom is -0.382 e. The first-order valence-corrected chi connectivity index (χ1v) is 6.10. The molecule has 0 saturated carbocycles. The zero-order chi connectivity index (χ0) is 11.0. The lowest BCUT2D eigenvalue weighted by Gasteiger charge is -2.10. The highest BCUT2D eigenvalue weighted by atomic mass is 32.1. The monoisotopic (exact) mass is 240 g/mol. The molecule has 80 valence electrons. The molecule has 0 saturated heterocycles. The quantitative estimate of drug-likeness (QED) is 0.874. The maximum absolute atomic E-state index is 5.86. The predicted molar refractivity (Wildman–Crippen MR) is 66.7 cm³/mol. The molecule has 15 heavy (non-hydrogen) atoms. The zero-order valence-corrected chi connectivity index (χ0v) is 10.4. The molecule has 0 spiro atoms. The molecule has 0 aliphatic rings. The van der Waals surface area contributed by atoms with E-state index < -0.39 is 0 Å². The predicted octanol–water partition coefficient (Wildman–Crippen LogP) is 2.22. The van der Waals surface area contributed by atoms with E-state index in [1.165, 1.54) is 11.5 Å². The van der Waals surface area contributed by atoms with Crippen molar-refractivity contribution in [1.82, 2.24) is 9.36 Å². The van der Waals surface area contributed by atoms with Gasteiger partial charge in [0.25, 0.3) is 0 Å². The molecule has 2 N–H and O–H groups in total. The van der Waals surface area contributed by atoms with Gasteiger partial charge < -0.3 is 10.6 Å². The lowest BCUT2D eigenvalue weighted by Crippen LogP contribution is -2.08. The van der Waals surface area contributed by atoms with Gasteiger partial charge in [0.15, 0.2) is 0 Å². The van der Waals surface area contributed by atoms with Crippen molar-refractivity contribution in [2.45, 2.75) is 6.92 Å². The summed E-state index contributed by atoms with van der Waals surface area (Å²) in [6, 6.07) is 0. The molecule has 0 aromatic carbocycles. The van der Waals surface area contributed by atoms with E-state index in [2.05, 4.69) is 9.36 Å². The van der Waals surface area contributed by atoms with Crippen LogP contribution in [0.1, 0.15) is 5.01 Å². The van der Waals surface area contributed by atoms with Gasteiger partial charge in [-0.2, -0.15) is 4.37 Å². The molecule has 0 unspecified atom stereocenters.